The third-order valence-electron chi connectivity index (χ3n) is 2.55. The van der Waals surface area contributed by atoms with Crippen molar-refractivity contribution in [2.24, 2.45) is 0 Å². The molecule has 0 aliphatic heterocycles. The standard InChI is InChI=1S/C13H19N3O6/c1-3-21-13(18,22-4-2)9-14-12(17)15-10-5-7-11(8-6-10)16(19)20/h5-8,18H,3-4,9H2,1-2H3,(H2,14,15,17). The Bertz CT molecular complexity index is 499. The van der Waals surface area contributed by atoms with E-state index in [1.165, 1.54) is 24.3 Å². The quantitative estimate of drug-likeness (QED) is 0.379. The topological polar surface area (TPSA) is 123 Å². The summed E-state index contributed by atoms with van der Waals surface area (Å²) in [6.07, 6.45) is 0. The number of benzene rings is 1. The van der Waals surface area contributed by atoms with Gasteiger partial charge in [-0.25, -0.2) is 4.79 Å². The SMILES string of the molecule is CCOC(O)(CNC(=O)Nc1ccc([N+](=O)[O-])cc1)OCC. The van der Waals surface area contributed by atoms with E-state index in [-0.39, 0.29) is 25.4 Å². The Hall–Kier alpha value is -2.23. The molecule has 1 rings (SSSR count). The Kier molecular flexibility index (Phi) is 6.70. The number of nitro groups is 1. The number of carbonyl (C=O) groups is 1. The second-order valence-electron chi connectivity index (χ2n) is 4.19. The maximum Gasteiger partial charge on any atom is 0.319 e. The average molecular weight is 313 g/mol. The minimum Gasteiger partial charge on any atom is -0.342 e. The fourth-order valence-corrected chi connectivity index (χ4v) is 1.63. The highest BCUT2D eigenvalue weighted by molar-refractivity contribution is 5.89. The van der Waals surface area contributed by atoms with Crippen molar-refractivity contribution in [2.75, 3.05) is 25.1 Å². The first-order chi connectivity index (χ1) is 10.4. The molecule has 0 aliphatic carbocycles. The van der Waals surface area contributed by atoms with Crippen LogP contribution in [0.3, 0.4) is 0 Å². The molecule has 122 valence electrons. The van der Waals surface area contributed by atoms with Gasteiger partial charge in [-0.1, -0.05) is 0 Å². The lowest BCUT2D eigenvalue weighted by Gasteiger charge is -2.27. The molecule has 0 radical (unpaired) electrons. The summed E-state index contributed by atoms with van der Waals surface area (Å²) in [6.45, 7) is 3.51. The largest absolute Gasteiger partial charge is 0.342 e. The highest BCUT2D eigenvalue weighted by atomic mass is 16.8. The summed E-state index contributed by atoms with van der Waals surface area (Å²) in [5.74, 6) is -1.89. The highest BCUT2D eigenvalue weighted by Crippen LogP contribution is 2.15. The lowest BCUT2D eigenvalue weighted by Crippen LogP contribution is -2.48. The van der Waals surface area contributed by atoms with Gasteiger partial charge in [0.15, 0.2) is 0 Å². The summed E-state index contributed by atoms with van der Waals surface area (Å²) < 4.78 is 10.1. The Labute approximate surface area is 127 Å². The predicted molar refractivity (Wildman–Crippen MR) is 78.3 cm³/mol. The fourth-order valence-electron chi connectivity index (χ4n) is 1.63. The van der Waals surface area contributed by atoms with Crippen LogP contribution in [0.1, 0.15) is 13.8 Å². The number of rotatable bonds is 8. The molecule has 0 bridgehead atoms. The van der Waals surface area contributed by atoms with Crippen LogP contribution < -0.4 is 10.6 Å². The number of carbonyl (C=O) groups excluding carboxylic acids is 1. The van der Waals surface area contributed by atoms with Crippen molar-refractivity contribution >= 4 is 17.4 Å². The van der Waals surface area contributed by atoms with E-state index in [0.29, 0.717) is 5.69 Å². The number of nitrogens with one attached hydrogen (secondary N) is 2. The first-order valence-corrected chi connectivity index (χ1v) is 6.69. The number of nitro benzene ring substituents is 1. The molecule has 0 unspecified atom stereocenters. The molecule has 0 aliphatic rings. The van der Waals surface area contributed by atoms with Crippen LogP contribution in [0, 0.1) is 10.1 Å². The third-order valence-corrected chi connectivity index (χ3v) is 2.55. The summed E-state index contributed by atoms with van der Waals surface area (Å²) in [6, 6.07) is 4.73. The summed E-state index contributed by atoms with van der Waals surface area (Å²) in [5.41, 5.74) is 0.299. The molecule has 0 aromatic heterocycles. The number of hydrogen-bond donors (Lipinski definition) is 3. The summed E-state index contributed by atoms with van der Waals surface area (Å²) in [4.78, 5) is 21.7. The number of anilines is 1. The van der Waals surface area contributed by atoms with E-state index in [4.69, 9.17) is 9.47 Å². The van der Waals surface area contributed by atoms with Crippen molar-refractivity contribution in [1.29, 1.82) is 0 Å². The first-order valence-electron chi connectivity index (χ1n) is 6.69. The second-order valence-corrected chi connectivity index (χ2v) is 4.19. The molecule has 3 N–H and O–H groups in total. The van der Waals surface area contributed by atoms with Crippen LogP contribution in [-0.2, 0) is 9.47 Å². The fraction of sp³-hybridized carbons (Fsp3) is 0.462. The van der Waals surface area contributed by atoms with Gasteiger partial charge in [-0.15, -0.1) is 0 Å². The third kappa shape index (κ3) is 5.64. The Morgan fingerprint density at radius 2 is 1.82 bits per heavy atom. The van der Waals surface area contributed by atoms with Gasteiger partial charge in [0.1, 0.15) is 6.54 Å². The predicted octanol–water partition coefficient (Wildman–Crippen LogP) is 1.44. The van der Waals surface area contributed by atoms with Crippen LogP contribution >= 0.6 is 0 Å². The molecule has 0 heterocycles. The molecular formula is C13H19N3O6. The zero-order valence-electron chi connectivity index (χ0n) is 12.4. The van der Waals surface area contributed by atoms with Gasteiger partial charge in [0.2, 0.25) is 0 Å². The number of amides is 2. The van der Waals surface area contributed by atoms with E-state index in [1.807, 2.05) is 0 Å². The molecule has 9 heteroatoms. The molecule has 9 nitrogen and oxygen atoms in total. The summed E-state index contributed by atoms with van der Waals surface area (Å²) in [5, 5.41) is 25.3. The van der Waals surface area contributed by atoms with Crippen LogP contribution in [0.15, 0.2) is 24.3 Å². The van der Waals surface area contributed by atoms with Crippen molar-refractivity contribution in [3.8, 4) is 0 Å². The van der Waals surface area contributed by atoms with Gasteiger partial charge in [0.05, 0.1) is 4.92 Å². The monoisotopic (exact) mass is 313 g/mol. The zero-order valence-corrected chi connectivity index (χ0v) is 12.4. The number of ether oxygens (including phenoxy) is 2. The van der Waals surface area contributed by atoms with Crippen LogP contribution in [0.25, 0.3) is 0 Å². The van der Waals surface area contributed by atoms with Crippen LogP contribution in [0.4, 0.5) is 16.2 Å². The normalized spacial score (nSPS) is 11.0. The van der Waals surface area contributed by atoms with Crippen LogP contribution in [0.5, 0.6) is 0 Å². The van der Waals surface area contributed by atoms with Crippen LogP contribution in [0.2, 0.25) is 0 Å². The lowest BCUT2D eigenvalue weighted by molar-refractivity contribution is -0.384. The van der Waals surface area contributed by atoms with Crippen molar-refractivity contribution < 1.29 is 24.3 Å². The average Bonchev–Trinajstić information content (AvgIpc) is 2.46. The van der Waals surface area contributed by atoms with Crippen molar-refractivity contribution in [3.05, 3.63) is 34.4 Å². The summed E-state index contributed by atoms with van der Waals surface area (Å²) in [7, 11) is 0. The van der Waals surface area contributed by atoms with Crippen molar-refractivity contribution in [1.82, 2.24) is 5.32 Å². The van der Waals surface area contributed by atoms with Crippen molar-refractivity contribution in [2.45, 2.75) is 19.8 Å². The first kappa shape index (κ1) is 17.8. The van der Waals surface area contributed by atoms with E-state index in [2.05, 4.69) is 10.6 Å². The van der Waals surface area contributed by atoms with E-state index in [1.54, 1.807) is 13.8 Å². The molecule has 0 atom stereocenters. The van der Waals surface area contributed by atoms with Gasteiger partial charge >= 0.3 is 6.03 Å². The Balaban J connectivity index is 2.53. The van der Waals surface area contributed by atoms with Crippen LogP contribution in [-0.4, -0.2) is 41.8 Å². The van der Waals surface area contributed by atoms with E-state index in [9.17, 15) is 20.0 Å². The maximum atomic E-state index is 11.7. The van der Waals surface area contributed by atoms with Gasteiger partial charge in [-0.05, 0) is 26.0 Å². The number of non-ortho nitro benzene ring substituents is 1. The molecule has 1 aromatic rings. The highest BCUT2D eigenvalue weighted by Gasteiger charge is 2.28. The molecule has 0 fully saturated rings. The van der Waals surface area contributed by atoms with Gasteiger partial charge in [-0.2, -0.15) is 0 Å². The molecule has 22 heavy (non-hydrogen) atoms. The molecular weight excluding hydrogens is 294 g/mol. The zero-order chi connectivity index (χ0) is 16.6. The van der Waals surface area contributed by atoms with Gasteiger partial charge in [-0.3, -0.25) is 10.1 Å². The van der Waals surface area contributed by atoms with E-state index >= 15 is 0 Å². The molecule has 0 saturated heterocycles. The molecule has 0 saturated carbocycles. The van der Waals surface area contributed by atoms with Gasteiger partial charge in [0, 0.05) is 31.0 Å². The Morgan fingerprint density at radius 3 is 2.27 bits per heavy atom. The van der Waals surface area contributed by atoms with E-state index < -0.39 is 16.9 Å². The van der Waals surface area contributed by atoms with E-state index in [0.717, 1.165) is 0 Å². The molecule has 2 amide bonds. The smallest absolute Gasteiger partial charge is 0.319 e. The minimum absolute atomic E-state index is 0.0759. The number of aliphatic hydroxyl groups is 1. The number of hydrogen-bond acceptors (Lipinski definition) is 6. The number of nitrogens with zero attached hydrogens (tertiary/aromatic N) is 1. The lowest BCUT2D eigenvalue weighted by atomic mass is 10.3. The minimum atomic E-state index is -1.89. The van der Waals surface area contributed by atoms with Gasteiger partial charge < -0.3 is 25.2 Å². The number of urea groups is 1. The summed E-state index contributed by atoms with van der Waals surface area (Å²) >= 11 is 0. The Morgan fingerprint density at radius 1 is 1.27 bits per heavy atom. The molecule has 0 spiro atoms. The second kappa shape index (κ2) is 8.27. The van der Waals surface area contributed by atoms with Crippen molar-refractivity contribution in [3.63, 3.8) is 0 Å². The van der Waals surface area contributed by atoms with Gasteiger partial charge in [0.25, 0.3) is 11.7 Å². The maximum absolute atomic E-state index is 11.7. The molecule has 1 aromatic carbocycles.